The molecule has 0 aliphatic carbocycles. The molecule has 26 heavy (non-hydrogen) atoms. The summed E-state index contributed by atoms with van der Waals surface area (Å²) in [5.41, 5.74) is 0.873. The monoisotopic (exact) mass is 391 g/mol. The Morgan fingerprint density at radius 3 is 2.69 bits per heavy atom. The first-order valence-electron chi connectivity index (χ1n) is 8.08. The lowest BCUT2D eigenvalue weighted by Crippen LogP contribution is -2.33. The minimum Gasteiger partial charge on any atom is -0.410 e. The van der Waals surface area contributed by atoms with E-state index in [1.165, 1.54) is 35.2 Å². The average molecular weight is 391 g/mol. The van der Waals surface area contributed by atoms with Gasteiger partial charge in [0.05, 0.1) is 16.7 Å². The van der Waals surface area contributed by atoms with Crippen LogP contribution in [-0.4, -0.2) is 21.9 Å². The Morgan fingerprint density at radius 2 is 2.04 bits per heavy atom. The summed E-state index contributed by atoms with van der Waals surface area (Å²) in [4.78, 5) is 13.2. The quantitative estimate of drug-likeness (QED) is 0.599. The van der Waals surface area contributed by atoms with Crippen LogP contribution in [0.1, 0.15) is 25.5 Å². The maximum atomic E-state index is 13.1. The zero-order valence-corrected chi connectivity index (χ0v) is 15.9. The number of thiophene rings is 1. The molecular formula is C18H18FN3O2S2. The molecule has 0 saturated heterocycles. The predicted molar refractivity (Wildman–Crippen MR) is 100 cm³/mol. The van der Waals surface area contributed by atoms with Gasteiger partial charge >= 0.3 is 0 Å². The normalized spacial score (nSPS) is 12.3. The molecule has 1 atom stereocenters. The van der Waals surface area contributed by atoms with Crippen LogP contribution in [-0.2, 0) is 4.79 Å². The zero-order chi connectivity index (χ0) is 18.5. The van der Waals surface area contributed by atoms with Crippen molar-refractivity contribution in [3.05, 3.63) is 53.2 Å². The lowest BCUT2D eigenvalue weighted by Gasteiger charge is -2.22. The number of halogens is 1. The standard InChI is InChI=1S/C18H18FN3O2S2/c1-11(2)16(12-5-7-13(19)8-6-12)20-15(23)10-26-18-22-21-17(24-18)14-4-3-9-25-14/h3-9,11,16H,10H2,1-2H3,(H,20,23). The highest BCUT2D eigenvalue weighted by molar-refractivity contribution is 7.99. The van der Waals surface area contributed by atoms with E-state index in [1.807, 2.05) is 31.4 Å². The number of carbonyl (C=O) groups excluding carboxylic acids is 1. The van der Waals surface area contributed by atoms with Gasteiger partial charge in [0, 0.05) is 0 Å². The summed E-state index contributed by atoms with van der Waals surface area (Å²) in [5.74, 6) is 0.346. The fourth-order valence-electron chi connectivity index (χ4n) is 2.42. The molecule has 136 valence electrons. The van der Waals surface area contributed by atoms with Gasteiger partial charge in [0.25, 0.3) is 11.1 Å². The number of nitrogens with zero attached hydrogens (tertiary/aromatic N) is 2. The summed E-state index contributed by atoms with van der Waals surface area (Å²) in [6.07, 6.45) is 0. The fourth-order valence-corrected chi connectivity index (χ4v) is 3.63. The van der Waals surface area contributed by atoms with Gasteiger partial charge in [-0.05, 0) is 35.1 Å². The number of benzene rings is 1. The highest BCUT2D eigenvalue weighted by atomic mass is 32.2. The number of amides is 1. The fraction of sp³-hybridized carbons (Fsp3) is 0.278. The smallest absolute Gasteiger partial charge is 0.277 e. The van der Waals surface area contributed by atoms with Crippen LogP contribution in [0.25, 0.3) is 10.8 Å². The molecule has 1 N–H and O–H groups in total. The number of thioether (sulfide) groups is 1. The predicted octanol–water partition coefficient (Wildman–Crippen LogP) is 4.54. The van der Waals surface area contributed by atoms with E-state index in [1.54, 1.807) is 12.1 Å². The summed E-state index contributed by atoms with van der Waals surface area (Å²) in [6, 6.07) is 9.80. The van der Waals surface area contributed by atoms with Crippen LogP contribution in [0.2, 0.25) is 0 Å². The third-order valence-electron chi connectivity index (χ3n) is 3.68. The van der Waals surface area contributed by atoms with E-state index in [0.717, 1.165) is 10.4 Å². The van der Waals surface area contributed by atoms with Crippen molar-refractivity contribution in [1.29, 1.82) is 0 Å². The molecule has 0 aliphatic rings. The lowest BCUT2D eigenvalue weighted by atomic mass is 9.96. The van der Waals surface area contributed by atoms with Crippen molar-refractivity contribution in [2.75, 3.05) is 5.75 Å². The number of nitrogens with one attached hydrogen (secondary N) is 1. The van der Waals surface area contributed by atoms with E-state index in [2.05, 4.69) is 15.5 Å². The third-order valence-corrected chi connectivity index (χ3v) is 5.35. The van der Waals surface area contributed by atoms with Gasteiger partial charge in [-0.3, -0.25) is 4.79 Å². The second kappa shape index (κ2) is 8.46. The highest BCUT2D eigenvalue weighted by Crippen LogP contribution is 2.27. The molecule has 2 aromatic heterocycles. The van der Waals surface area contributed by atoms with Crippen molar-refractivity contribution in [1.82, 2.24) is 15.5 Å². The molecule has 0 radical (unpaired) electrons. The molecule has 8 heteroatoms. The molecular weight excluding hydrogens is 373 g/mol. The molecule has 0 saturated carbocycles. The molecule has 1 amide bonds. The lowest BCUT2D eigenvalue weighted by molar-refractivity contribution is -0.119. The Bertz CT molecular complexity index is 848. The molecule has 0 bridgehead atoms. The summed E-state index contributed by atoms with van der Waals surface area (Å²) >= 11 is 2.70. The van der Waals surface area contributed by atoms with Crippen LogP contribution >= 0.6 is 23.1 Å². The van der Waals surface area contributed by atoms with Crippen LogP contribution in [0.4, 0.5) is 4.39 Å². The molecule has 5 nitrogen and oxygen atoms in total. The van der Waals surface area contributed by atoms with Gasteiger partial charge in [-0.15, -0.1) is 21.5 Å². The number of hydrogen-bond donors (Lipinski definition) is 1. The average Bonchev–Trinajstić information content (AvgIpc) is 3.30. The van der Waals surface area contributed by atoms with Gasteiger partial charge in [-0.2, -0.15) is 0 Å². The number of hydrogen-bond acceptors (Lipinski definition) is 6. The Balaban J connectivity index is 1.58. The molecule has 1 aromatic carbocycles. The Labute approximate surface area is 159 Å². The Kier molecular flexibility index (Phi) is 6.05. The van der Waals surface area contributed by atoms with Crippen LogP contribution in [0.5, 0.6) is 0 Å². The Hall–Kier alpha value is -2.19. The van der Waals surface area contributed by atoms with Crippen molar-refractivity contribution in [3.63, 3.8) is 0 Å². The van der Waals surface area contributed by atoms with Gasteiger partial charge < -0.3 is 9.73 Å². The van der Waals surface area contributed by atoms with Crippen LogP contribution in [0.15, 0.2) is 51.4 Å². The highest BCUT2D eigenvalue weighted by Gasteiger charge is 2.19. The maximum Gasteiger partial charge on any atom is 0.277 e. The van der Waals surface area contributed by atoms with E-state index < -0.39 is 0 Å². The zero-order valence-electron chi connectivity index (χ0n) is 14.3. The van der Waals surface area contributed by atoms with Crippen LogP contribution < -0.4 is 5.32 Å². The summed E-state index contributed by atoms with van der Waals surface area (Å²) in [7, 11) is 0. The van der Waals surface area contributed by atoms with E-state index in [4.69, 9.17) is 4.42 Å². The van der Waals surface area contributed by atoms with Gasteiger partial charge in [0.1, 0.15) is 5.82 Å². The van der Waals surface area contributed by atoms with Crippen molar-refractivity contribution in [3.8, 4) is 10.8 Å². The molecule has 3 aromatic rings. The van der Waals surface area contributed by atoms with Crippen molar-refractivity contribution < 1.29 is 13.6 Å². The minimum atomic E-state index is -0.295. The van der Waals surface area contributed by atoms with E-state index in [0.29, 0.717) is 11.1 Å². The molecule has 0 fully saturated rings. The molecule has 3 rings (SSSR count). The SMILES string of the molecule is CC(C)C(NC(=O)CSc1nnc(-c2cccs2)o1)c1ccc(F)cc1. The van der Waals surface area contributed by atoms with E-state index in [-0.39, 0.29) is 29.4 Å². The summed E-state index contributed by atoms with van der Waals surface area (Å²) in [6.45, 7) is 4.01. The second-order valence-electron chi connectivity index (χ2n) is 5.98. The van der Waals surface area contributed by atoms with Crippen molar-refractivity contribution in [2.45, 2.75) is 25.1 Å². The van der Waals surface area contributed by atoms with Crippen LogP contribution in [0, 0.1) is 11.7 Å². The molecule has 1 unspecified atom stereocenters. The van der Waals surface area contributed by atoms with Gasteiger partial charge in [0.2, 0.25) is 5.91 Å². The topological polar surface area (TPSA) is 68.0 Å². The first-order chi connectivity index (χ1) is 12.5. The number of aromatic nitrogens is 2. The number of carbonyl (C=O) groups is 1. The van der Waals surface area contributed by atoms with E-state index in [9.17, 15) is 9.18 Å². The first kappa shape index (κ1) is 18.6. The molecule has 0 aliphatic heterocycles. The van der Waals surface area contributed by atoms with Gasteiger partial charge in [-0.25, -0.2) is 4.39 Å². The number of rotatable bonds is 7. The summed E-state index contributed by atoms with van der Waals surface area (Å²) in [5, 5.41) is 13.2. The van der Waals surface area contributed by atoms with Crippen LogP contribution in [0.3, 0.4) is 0 Å². The third kappa shape index (κ3) is 4.70. The molecule has 0 spiro atoms. The van der Waals surface area contributed by atoms with E-state index >= 15 is 0 Å². The second-order valence-corrected chi connectivity index (χ2v) is 7.85. The summed E-state index contributed by atoms with van der Waals surface area (Å²) < 4.78 is 18.7. The minimum absolute atomic E-state index is 0.145. The van der Waals surface area contributed by atoms with Gasteiger partial charge in [-0.1, -0.05) is 43.8 Å². The Morgan fingerprint density at radius 1 is 1.27 bits per heavy atom. The van der Waals surface area contributed by atoms with Gasteiger partial charge in [0.15, 0.2) is 0 Å². The van der Waals surface area contributed by atoms with Crippen molar-refractivity contribution in [2.24, 2.45) is 5.92 Å². The maximum absolute atomic E-state index is 13.1. The first-order valence-corrected chi connectivity index (χ1v) is 9.94. The molecule has 2 heterocycles. The largest absolute Gasteiger partial charge is 0.410 e. The van der Waals surface area contributed by atoms with Crippen molar-refractivity contribution >= 4 is 29.0 Å².